The van der Waals surface area contributed by atoms with Gasteiger partial charge in [-0.3, -0.25) is 9.48 Å². The molecule has 0 saturated carbocycles. The number of aromatic nitrogens is 3. The first-order valence-corrected chi connectivity index (χ1v) is 9.92. The Balaban J connectivity index is 1.68. The molecule has 8 nitrogen and oxygen atoms in total. The van der Waals surface area contributed by atoms with Gasteiger partial charge < -0.3 is 5.32 Å². The molecule has 0 atom stereocenters. The molecule has 0 aliphatic rings. The van der Waals surface area contributed by atoms with Gasteiger partial charge in [-0.25, -0.2) is 18.5 Å². The Labute approximate surface area is 157 Å². The smallest absolute Gasteiger partial charge is 0.253 e. The van der Waals surface area contributed by atoms with Crippen molar-refractivity contribution in [2.24, 2.45) is 12.2 Å². The minimum Gasteiger partial charge on any atom is -0.352 e. The third-order valence-electron chi connectivity index (χ3n) is 4.39. The number of benzene rings is 1. The molecule has 9 heteroatoms. The van der Waals surface area contributed by atoms with E-state index in [1.807, 2.05) is 20.0 Å². The van der Waals surface area contributed by atoms with Crippen molar-refractivity contribution in [2.75, 3.05) is 6.54 Å². The van der Waals surface area contributed by atoms with Gasteiger partial charge in [-0.2, -0.15) is 5.10 Å². The van der Waals surface area contributed by atoms with E-state index in [4.69, 9.17) is 5.14 Å². The summed E-state index contributed by atoms with van der Waals surface area (Å²) in [5.41, 5.74) is 3.63. The summed E-state index contributed by atoms with van der Waals surface area (Å²) in [6.45, 7) is 4.09. The van der Waals surface area contributed by atoms with Gasteiger partial charge in [-0.15, -0.1) is 0 Å². The number of carbonyl (C=O) groups excluding carboxylic acids is 1. The van der Waals surface area contributed by atoms with Gasteiger partial charge in [0, 0.05) is 19.0 Å². The molecule has 0 spiro atoms. The number of nitrogens with one attached hydrogen (secondary N) is 1. The second-order valence-electron chi connectivity index (χ2n) is 6.40. The molecule has 3 rings (SSSR count). The number of pyridine rings is 1. The summed E-state index contributed by atoms with van der Waals surface area (Å²) in [5, 5.41) is 13.1. The van der Waals surface area contributed by atoms with Crippen LogP contribution in [0.25, 0.3) is 11.0 Å². The van der Waals surface area contributed by atoms with E-state index >= 15 is 0 Å². The Morgan fingerprint density at radius 1 is 1.19 bits per heavy atom. The lowest BCUT2D eigenvalue weighted by atomic mass is 10.1. The van der Waals surface area contributed by atoms with Crippen LogP contribution in [-0.2, 0) is 23.5 Å². The molecule has 0 fully saturated rings. The first-order chi connectivity index (χ1) is 12.7. The van der Waals surface area contributed by atoms with Crippen LogP contribution in [0.3, 0.4) is 0 Å². The molecule has 0 radical (unpaired) electrons. The second-order valence-corrected chi connectivity index (χ2v) is 7.96. The minimum atomic E-state index is -3.70. The van der Waals surface area contributed by atoms with Crippen molar-refractivity contribution < 1.29 is 13.2 Å². The Kier molecular flexibility index (Phi) is 4.99. The predicted octanol–water partition coefficient (Wildman–Crippen LogP) is 1.21. The van der Waals surface area contributed by atoms with Gasteiger partial charge >= 0.3 is 0 Å². The molecule has 0 aliphatic carbocycles. The predicted molar refractivity (Wildman–Crippen MR) is 102 cm³/mol. The SMILES string of the molecule is Cc1nc2c(cc1C(=O)NCCc1ccc(S(N)(=O)=O)cc1)c(C)nn2C. The van der Waals surface area contributed by atoms with E-state index in [-0.39, 0.29) is 10.8 Å². The summed E-state index contributed by atoms with van der Waals surface area (Å²) < 4.78 is 24.2. The van der Waals surface area contributed by atoms with Gasteiger partial charge in [0.1, 0.15) is 0 Å². The van der Waals surface area contributed by atoms with Crippen LogP contribution < -0.4 is 10.5 Å². The van der Waals surface area contributed by atoms with Crippen LogP contribution in [0, 0.1) is 13.8 Å². The fourth-order valence-electron chi connectivity index (χ4n) is 2.92. The number of hydrogen-bond donors (Lipinski definition) is 2. The number of carbonyl (C=O) groups is 1. The molecule has 1 amide bonds. The first-order valence-electron chi connectivity index (χ1n) is 8.37. The molecule has 2 heterocycles. The number of amides is 1. The largest absolute Gasteiger partial charge is 0.352 e. The van der Waals surface area contributed by atoms with E-state index < -0.39 is 10.0 Å². The van der Waals surface area contributed by atoms with Gasteiger partial charge in [0.25, 0.3) is 5.91 Å². The molecule has 1 aromatic carbocycles. The summed E-state index contributed by atoms with van der Waals surface area (Å²) in [6.07, 6.45) is 0.567. The molecule has 0 unspecified atom stereocenters. The quantitative estimate of drug-likeness (QED) is 0.682. The van der Waals surface area contributed by atoms with E-state index in [9.17, 15) is 13.2 Å². The highest BCUT2D eigenvalue weighted by Gasteiger charge is 2.15. The molecular weight excluding hydrogens is 366 g/mol. The number of fused-ring (bicyclic) bond motifs is 1. The summed E-state index contributed by atoms with van der Waals surface area (Å²) >= 11 is 0. The molecule has 0 saturated heterocycles. The first kappa shape index (κ1) is 19.0. The highest BCUT2D eigenvalue weighted by molar-refractivity contribution is 7.89. The fraction of sp³-hybridized carbons (Fsp3) is 0.278. The minimum absolute atomic E-state index is 0.0668. The summed E-state index contributed by atoms with van der Waals surface area (Å²) in [5.74, 6) is -0.202. The maximum atomic E-state index is 12.5. The number of hydrogen-bond acceptors (Lipinski definition) is 5. The Hall–Kier alpha value is -2.78. The van der Waals surface area contributed by atoms with Crippen molar-refractivity contribution in [3.05, 3.63) is 52.8 Å². The molecule has 142 valence electrons. The zero-order valence-corrected chi connectivity index (χ0v) is 16.2. The van der Waals surface area contributed by atoms with Crippen LogP contribution in [0.1, 0.15) is 27.3 Å². The summed E-state index contributed by atoms with van der Waals surface area (Å²) in [7, 11) is -1.88. The lowest BCUT2D eigenvalue weighted by molar-refractivity contribution is 0.0953. The standard InChI is InChI=1S/C18H21N5O3S/c1-11-16(10-15-12(2)22-23(3)17(15)21-11)18(24)20-9-8-13-4-6-14(7-5-13)27(19,25)26/h4-7,10H,8-9H2,1-3H3,(H,20,24)(H2,19,25,26). The Morgan fingerprint density at radius 3 is 2.48 bits per heavy atom. The summed E-state index contributed by atoms with van der Waals surface area (Å²) in [6, 6.07) is 8.10. The number of aryl methyl sites for hydroxylation is 3. The Bertz CT molecular complexity index is 1120. The normalized spacial score (nSPS) is 11.7. The topological polar surface area (TPSA) is 120 Å². The number of nitrogens with zero attached hydrogens (tertiary/aromatic N) is 3. The average Bonchev–Trinajstić information content (AvgIpc) is 2.87. The van der Waals surface area contributed by atoms with Crippen molar-refractivity contribution >= 4 is 27.0 Å². The van der Waals surface area contributed by atoms with E-state index in [0.717, 1.165) is 22.3 Å². The zero-order valence-electron chi connectivity index (χ0n) is 15.4. The van der Waals surface area contributed by atoms with Crippen LogP contribution in [0.15, 0.2) is 35.2 Å². The molecule has 0 aliphatic heterocycles. The Morgan fingerprint density at radius 2 is 1.85 bits per heavy atom. The summed E-state index contributed by atoms with van der Waals surface area (Å²) in [4.78, 5) is 17.1. The van der Waals surface area contributed by atoms with Crippen LogP contribution >= 0.6 is 0 Å². The van der Waals surface area contributed by atoms with Crippen LogP contribution in [0.2, 0.25) is 0 Å². The molecule has 0 bridgehead atoms. The number of rotatable bonds is 5. The lowest BCUT2D eigenvalue weighted by Crippen LogP contribution is -2.26. The van der Waals surface area contributed by atoms with E-state index in [1.54, 1.807) is 23.7 Å². The molecule has 3 aromatic rings. The van der Waals surface area contributed by atoms with Crippen molar-refractivity contribution in [1.29, 1.82) is 0 Å². The van der Waals surface area contributed by atoms with E-state index in [2.05, 4.69) is 15.4 Å². The van der Waals surface area contributed by atoms with Crippen LogP contribution in [0.5, 0.6) is 0 Å². The highest BCUT2D eigenvalue weighted by Crippen LogP contribution is 2.19. The van der Waals surface area contributed by atoms with Crippen molar-refractivity contribution in [2.45, 2.75) is 25.2 Å². The number of primary sulfonamides is 1. The monoisotopic (exact) mass is 387 g/mol. The highest BCUT2D eigenvalue weighted by atomic mass is 32.2. The van der Waals surface area contributed by atoms with Crippen molar-refractivity contribution in [3.63, 3.8) is 0 Å². The molecule has 2 aromatic heterocycles. The number of nitrogens with two attached hydrogens (primary N) is 1. The van der Waals surface area contributed by atoms with E-state index in [0.29, 0.717) is 24.2 Å². The average molecular weight is 387 g/mol. The molecular formula is C18H21N5O3S. The van der Waals surface area contributed by atoms with Crippen LogP contribution in [-0.4, -0.2) is 35.6 Å². The molecule has 27 heavy (non-hydrogen) atoms. The van der Waals surface area contributed by atoms with Crippen molar-refractivity contribution in [1.82, 2.24) is 20.1 Å². The zero-order chi connectivity index (χ0) is 19.8. The lowest BCUT2D eigenvalue weighted by Gasteiger charge is -2.08. The van der Waals surface area contributed by atoms with Gasteiger partial charge in [0.2, 0.25) is 10.0 Å². The third-order valence-corrected chi connectivity index (χ3v) is 5.31. The van der Waals surface area contributed by atoms with Gasteiger partial charge in [0.05, 0.1) is 21.8 Å². The van der Waals surface area contributed by atoms with Crippen molar-refractivity contribution in [3.8, 4) is 0 Å². The van der Waals surface area contributed by atoms with Gasteiger partial charge in [-0.1, -0.05) is 12.1 Å². The third kappa shape index (κ3) is 3.99. The van der Waals surface area contributed by atoms with E-state index in [1.165, 1.54) is 12.1 Å². The maximum Gasteiger partial charge on any atom is 0.253 e. The molecule has 3 N–H and O–H groups in total. The number of sulfonamides is 1. The fourth-order valence-corrected chi connectivity index (χ4v) is 3.44. The second kappa shape index (κ2) is 7.09. The van der Waals surface area contributed by atoms with Crippen LogP contribution in [0.4, 0.5) is 0 Å². The van der Waals surface area contributed by atoms with Gasteiger partial charge in [-0.05, 0) is 44.0 Å². The van der Waals surface area contributed by atoms with Gasteiger partial charge in [0.15, 0.2) is 5.65 Å². The maximum absolute atomic E-state index is 12.5.